The number of aromatic nitrogens is 2. The van der Waals surface area contributed by atoms with Gasteiger partial charge in [-0.2, -0.15) is 4.98 Å². The molecule has 0 fully saturated rings. The zero-order valence-corrected chi connectivity index (χ0v) is 35.9. The number of nitrogen functional groups attached to an aromatic ring is 1. The Morgan fingerprint density at radius 3 is 1.37 bits per heavy atom. The van der Waals surface area contributed by atoms with E-state index in [2.05, 4.69) is 47.2 Å². The highest BCUT2D eigenvalue weighted by Crippen LogP contribution is 2.20. The van der Waals surface area contributed by atoms with Gasteiger partial charge in [0.05, 0.1) is 6.04 Å². The first-order chi connectivity index (χ1) is 32.0. The molecule has 29 heteroatoms. The van der Waals surface area contributed by atoms with Crippen LogP contribution in [0, 0.1) is 0 Å². The van der Waals surface area contributed by atoms with E-state index in [9.17, 15) is 83.1 Å². The molecule has 68 heavy (non-hydrogen) atoms. The van der Waals surface area contributed by atoms with Gasteiger partial charge in [0.2, 0.25) is 29.6 Å². The van der Waals surface area contributed by atoms with Crippen LogP contribution in [0.1, 0.15) is 74.6 Å². The molecule has 0 saturated carbocycles. The standard InChI is InChI=1S/C39H51N11O18/c40-39-49-31-30(37(66)50-39)43-19(16-42-31)15-41-18-3-1-17(2-4-18)32(61)44-20(5-10-25(51)52)33(62)45-21(6-11-26(53)54)34(63)46-22(7-12-27(55)56)35(64)47-23(8-13-28(57)58)36(65)48-24(38(67)68)9-14-29(59)60/h1-4,19-24,41,43H,5-16H2,(H,44,61)(H,45,62)(H,46,63)(H,47,64)(H,48,65)(H,51,52)(H,53,54)(H,55,56)(H,57,58)(H,59,60)(H,67,68)(H4,40,42,49,50,66)/t19-,20-,21-,22-,23-,24-/m0/s1. The number of nitrogens with zero attached hydrogens (tertiary/aromatic N) is 1. The predicted molar refractivity (Wildman–Crippen MR) is 231 cm³/mol. The average Bonchev–Trinajstić information content (AvgIpc) is 3.26. The van der Waals surface area contributed by atoms with Gasteiger partial charge < -0.3 is 78.9 Å². The highest BCUT2D eigenvalue weighted by molar-refractivity contribution is 5.99. The zero-order valence-electron chi connectivity index (χ0n) is 35.9. The lowest BCUT2D eigenvalue weighted by atomic mass is 10.0. The Hall–Kier alpha value is -8.53. The Kier molecular flexibility index (Phi) is 20.4. The Morgan fingerprint density at radius 1 is 0.588 bits per heavy atom. The van der Waals surface area contributed by atoms with Crippen LogP contribution in [0.5, 0.6) is 0 Å². The van der Waals surface area contributed by atoms with Crippen LogP contribution in [0.4, 0.5) is 23.1 Å². The summed E-state index contributed by atoms with van der Waals surface area (Å²) in [5.74, 6) is -14.6. The minimum absolute atomic E-state index is 0.00760. The van der Waals surface area contributed by atoms with Crippen LogP contribution in [-0.2, 0) is 47.9 Å². The van der Waals surface area contributed by atoms with E-state index in [0.717, 1.165) is 0 Å². The van der Waals surface area contributed by atoms with Crippen molar-refractivity contribution in [2.45, 2.75) is 100 Å². The number of nitrogens with two attached hydrogens (primary N) is 1. The van der Waals surface area contributed by atoms with Gasteiger partial charge in [0.1, 0.15) is 35.9 Å². The molecule has 0 saturated heterocycles. The third-order valence-corrected chi connectivity index (χ3v) is 9.87. The van der Waals surface area contributed by atoms with Crippen molar-refractivity contribution in [1.82, 2.24) is 36.6 Å². The van der Waals surface area contributed by atoms with Crippen molar-refractivity contribution in [2.24, 2.45) is 0 Å². The van der Waals surface area contributed by atoms with Crippen molar-refractivity contribution in [3.63, 3.8) is 0 Å². The summed E-state index contributed by atoms with van der Waals surface area (Å²) in [6.07, 6.45) is -6.98. The van der Waals surface area contributed by atoms with E-state index >= 15 is 0 Å². The van der Waals surface area contributed by atoms with Crippen molar-refractivity contribution in [2.75, 3.05) is 34.8 Å². The molecule has 17 N–H and O–H groups in total. The molecule has 1 aliphatic rings. The summed E-state index contributed by atoms with van der Waals surface area (Å²) in [7, 11) is 0. The van der Waals surface area contributed by atoms with Crippen LogP contribution in [0.25, 0.3) is 0 Å². The van der Waals surface area contributed by atoms with Crippen LogP contribution in [-0.4, -0.2) is 155 Å². The van der Waals surface area contributed by atoms with Gasteiger partial charge in [0.25, 0.3) is 11.5 Å². The van der Waals surface area contributed by atoms with E-state index in [1.54, 1.807) is 0 Å². The lowest BCUT2D eigenvalue weighted by Crippen LogP contribution is -2.59. The third-order valence-electron chi connectivity index (χ3n) is 9.87. The number of carboxylic acids is 6. The summed E-state index contributed by atoms with van der Waals surface area (Å²) >= 11 is 0. The van der Waals surface area contributed by atoms with Crippen molar-refractivity contribution >= 4 is 88.5 Å². The lowest BCUT2D eigenvalue weighted by molar-refractivity contribution is -0.144. The topological polar surface area (TPSA) is 477 Å². The maximum Gasteiger partial charge on any atom is 0.326 e. The number of carbonyl (C=O) groups is 11. The Labute approximate surface area is 383 Å². The summed E-state index contributed by atoms with van der Waals surface area (Å²) in [4.78, 5) is 155. The molecule has 2 aromatic rings. The molecule has 0 spiro atoms. The van der Waals surface area contributed by atoms with Crippen LogP contribution in [0.15, 0.2) is 29.1 Å². The monoisotopic (exact) mass is 961 g/mol. The second kappa shape index (κ2) is 25.8. The molecule has 1 aliphatic heterocycles. The van der Waals surface area contributed by atoms with Crippen LogP contribution < -0.4 is 53.8 Å². The number of fused-ring (bicyclic) bond motifs is 1. The minimum atomic E-state index is -1.89. The van der Waals surface area contributed by atoms with E-state index in [1.165, 1.54) is 24.3 Å². The molecule has 6 atom stereocenters. The minimum Gasteiger partial charge on any atom is -0.481 e. The maximum atomic E-state index is 13.7. The molecule has 0 bridgehead atoms. The maximum absolute atomic E-state index is 13.7. The van der Waals surface area contributed by atoms with Crippen molar-refractivity contribution < 1.29 is 83.4 Å². The van der Waals surface area contributed by atoms with Crippen molar-refractivity contribution in [1.29, 1.82) is 0 Å². The van der Waals surface area contributed by atoms with Gasteiger partial charge in [0.15, 0.2) is 5.82 Å². The molecule has 1 aromatic heterocycles. The molecular weight excluding hydrogens is 910 g/mol. The summed E-state index contributed by atoms with van der Waals surface area (Å²) < 4.78 is 0. The van der Waals surface area contributed by atoms with Gasteiger partial charge in [-0.25, -0.2) is 4.79 Å². The molecule has 3 rings (SSSR count). The normalized spacial score (nSPS) is 14.8. The summed E-state index contributed by atoms with van der Waals surface area (Å²) in [5, 5.41) is 75.8. The van der Waals surface area contributed by atoms with E-state index in [4.69, 9.17) is 10.8 Å². The summed E-state index contributed by atoms with van der Waals surface area (Å²) in [6.45, 7) is 0.655. The predicted octanol–water partition coefficient (Wildman–Crippen LogP) is -2.88. The van der Waals surface area contributed by atoms with Gasteiger partial charge in [-0.3, -0.25) is 57.7 Å². The van der Waals surface area contributed by atoms with Gasteiger partial charge in [0, 0.05) is 56.4 Å². The molecule has 0 unspecified atom stereocenters. The molecule has 0 aliphatic carbocycles. The SMILES string of the molecule is Nc1nc2c(c(=O)[nH]1)N[C@@H](CNc1ccc(C(=O)N[C@@H](CCC(=O)O)C(=O)N[C@@H](CCC(=O)O)C(=O)N[C@@H](CCC(=O)O)C(=O)N[C@@H](CCC(=O)O)C(=O)N[C@@H](CCC(=O)O)C(=O)O)cc1)CN2. The molecule has 2 heterocycles. The number of aromatic amines is 1. The van der Waals surface area contributed by atoms with E-state index in [0.29, 0.717) is 12.2 Å². The smallest absolute Gasteiger partial charge is 0.326 e. The quantitative estimate of drug-likeness (QED) is 0.0389. The number of nitrogens with one attached hydrogen (secondary N) is 9. The van der Waals surface area contributed by atoms with Crippen LogP contribution in [0.3, 0.4) is 0 Å². The van der Waals surface area contributed by atoms with Crippen LogP contribution >= 0.6 is 0 Å². The summed E-state index contributed by atoms with van der Waals surface area (Å²) in [6, 6.07) is -3.58. The molecular formula is C39H51N11O18. The van der Waals surface area contributed by atoms with Gasteiger partial charge in [-0.15, -0.1) is 0 Å². The summed E-state index contributed by atoms with van der Waals surface area (Å²) in [5.41, 5.74) is 5.82. The van der Waals surface area contributed by atoms with Crippen molar-refractivity contribution in [3.8, 4) is 0 Å². The molecule has 0 radical (unpaired) electrons. The fourth-order valence-corrected chi connectivity index (χ4v) is 6.33. The number of hydrogen-bond acceptors (Lipinski definition) is 17. The number of carbonyl (C=O) groups excluding carboxylic acids is 5. The van der Waals surface area contributed by atoms with Crippen LogP contribution in [0.2, 0.25) is 0 Å². The number of H-pyrrole nitrogens is 1. The first-order valence-electron chi connectivity index (χ1n) is 20.6. The number of aliphatic carboxylic acids is 6. The third kappa shape index (κ3) is 18.2. The Bertz CT molecular complexity index is 2290. The fourth-order valence-electron chi connectivity index (χ4n) is 6.33. The second-order valence-corrected chi connectivity index (χ2v) is 15.1. The molecule has 29 nitrogen and oxygen atoms in total. The van der Waals surface area contributed by atoms with E-state index in [-0.39, 0.29) is 35.6 Å². The number of hydrogen-bond donors (Lipinski definition) is 16. The fraction of sp³-hybridized carbons (Fsp3) is 0.462. The number of amides is 5. The molecule has 5 amide bonds. The van der Waals surface area contributed by atoms with Gasteiger partial charge in [-0.05, 0) is 56.4 Å². The number of rotatable bonds is 29. The van der Waals surface area contributed by atoms with E-state index < -0.39 is 165 Å². The Morgan fingerprint density at radius 2 is 0.971 bits per heavy atom. The lowest BCUT2D eigenvalue weighted by Gasteiger charge is -2.27. The highest BCUT2D eigenvalue weighted by Gasteiger charge is 2.34. The first-order valence-corrected chi connectivity index (χ1v) is 20.6. The van der Waals surface area contributed by atoms with Crippen molar-refractivity contribution in [3.05, 3.63) is 40.2 Å². The zero-order chi connectivity index (χ0) is 50.7. The first kappa shape index (κ1) is 53.8. The number of carboxylic acid groups (broad SMARTS) is 6. The number of anilines is 4. The van der Waals surface area contributed by atoms with Gasteiger partial charge >= 0.3 is 35.8 Å². The van der Waals surface area contributed by atoms with E-state index in [1.807, 2.05) is 5.32 Å². The second-order valence-electron chi connectivity index (χ2n) is 15.1. The number of benzene rings is 1. The average molecular weight is 962 g/mol. The highest BCUT2D eigenvalue weighted by atomic mass is 16.4. The molecule has 1 aromatic carbocycles. The largest absolute Gasteiger partial charge is 0.481 e. The molecule has 370 valence electrons. The van der Waals surface area contributed by atoms with Gasteiger partial charge in [-0.1, -0.05) is 0 Å². The Balaban J connectivity index is 1.77.